The van der Waals surface area contributed by atoms with Crippen molar-refractivity contribution in [2.24, 2.45) is 0 Å². The second kappa shape index (κ2) is 4.84. The van der Waals surface area contributed by atoms with Crippen LogP contribution in [0.4, 0.5) is 0 Å². The van der Waals surface area contributed by atoms with Crippen LogP contribution in [-0.4, -0.2) is 36.5 Å². The van der Waals surface area contributed by atoms with Gasteiger partial charge in [-0.25, -0.2) is 0 Å². The highest BCUT2D eigenvalue weighted by Crippen LogP contribution is 2.10. The highest BCUT2D eigenvalue weighted by atomic mass is 28.4. The Kier molecular flexibility index (Phi) is 4.86. The van der Waals surface area contributed by atoms with E-state index in [4.69, 9.17) is 17.7 Å². The molecular formula is C6H16O4Si. The van der Waals surface area contributed by atoms with E-state index in [9.17, 15) is 0 Å². The third-order valence-corrected chi connectivity index (χ3v) is 3.39. The number of hydrogen-bond acceptors (Lipinski definition) is 4. The Morgan fingerprint density at radius 2 is 1.27 bits per heavy atom. The summed E-state index contributed by atoms with van der Waals surface area (Å²) in [5, 5.41) is 0. The highest BCUT2D eigenvalue weighted by molar-refractivity contribution is 6.53. The molecule has 0 bridgehead atoms. The van der Waals surface area contributed by atoms with E-state index in [2.05, 4.69) is 0 Å². The highest BCUT2D eigenvalue weighted by Gasteiger charge is 2.43. The van der Waals surface area contributed by atoms with Gasteiger partial charge in [-0.2, -0.15) is 0 Å². The summed E-state index contributed by atoms with van der Waals surface area (Å²) >= 11 is 0. The van der Waals surface area contributed by atoms with Crippen LogP contribution in [-0.2, 0) is 17.7 Å². The maximum atomic E-state index is 5.36. The fourth-order valence-corrected chi connectivity index (χ4v) is 2.05. The SMILES string of the molecule is CO[Si](OC)(OC)OC(C)C. The van der Waals surface area contributed by atoms with E-state index in [0.29, 0.717) is 0 Å². The van der Waals surface area contributed by atoms with Crippen LogP contribution in [0.2, 0.25) is 0 Å². The van der Waals surface area contributed by atoms with Gasteiger partial charge in [0.1, 0.15) is 0 Å². The first-order chi connectivity index (χ1) is 5.10. The third kappa shape index (κ3) is 3.30. The lowest BCUT2D eigenvalue weighted by Crippen LogP contribution is -2.48. The molecule has 5 heteroatoms. The molecule has 0 atom stereocenters. The van der Waals surface area contributed by atoms with Crippen LogP contribution < -0.4 is 0 Å². The van der Waals surface area contributed by atoms with Gasteiger partial charge in [0.2, 0.25) is 0 Å². The summed E-state index contributed by atoms with van der Waals surface area (Å²) in [5.74, 6) is 0. The first-order valence-corrected chi connectivity index (χ1v) is 5.06. The van der Waals surface area contributed by atoms with E-state index in [1.54, 1.807) is 0 Å². The summed E-state index contributed by atoms with van der Waals surface area (Å²) in [5.41, 5.74) is 0. The second-order valence-corrected chi connectivity index (χ2v) is 4.74. The normalized spacial score (nSPS) is 12.5. The minimum atomic E-state index is -2.78. The quantitative estimate of drug-likeness (QED) is 0.586. The van der Waals surface area contributed by atoms with Gasteiger partial charge in [0.05, 0.1) is 0 Å². The zero-order valence-electron chi connectivity index (χ0n) is 7.71. The molecule has 0 rings (SSSR count). The molecule has 68 valence electrons. The van der Waals surface area contributed by atoms with Crippen LogP contribution in [0, 0.1) is 0 Å². The molecule has 0 saturated carbocycles. The summed E-state index contributed by atoms with van der Waals surface area (Å²) in [6, 6.07) is 0. The van der Waals surface area contributed by atoms with Gasteiger partial charge < -0.3 is 17.7 Å². The van der Waals surface area contributed by atoms with Crippen LogP contribution in [0.5, 0.6) is 0 Å². The average molecular weight is 180 g/mol. The van der Waals surface area contributed by atoms with Crippen molar-refractivity contribution < 1.29 is 17.7 Å². The van der Waals surface area contributed by atoms with Crippen molar-refractivity contribution in [2.45, 2.75) is 20.0 Å². The van der Waals surface area contributed by atoms with Crippen LogP contribution in [0.15, 0.2) is 0 Å². The summed E-state index contributed by atoms with van der Waals surface area (Å²) < 4.78 is 20.4. The first-order valence-electron chi connectivity index (χ1n) is 3.43. The van der Waals surface area contributed by atoms with Crippen LogP contribution >= 0.6 is 0 Å². The number of rotatable bonds is 5. The molecule has 0 aromatic carbocycles. The molecule has 0 aliphatic carbocycles. The molecule has 0 radical (unpaired) electrons. The fraction of sp³-hybridized carbons (Fsp3) is 1.00. The van der Waals surface area contributed by atoms with Gasteiger partial charge in [-0.3, -0.25) is 0 Å². The summed E-state index contributed by atoms with van der Waals surface area (Å²) in [7, 11) is 1.77. The summed E-state index contributed by atoms with van der Waals surface area (Å²) in [6.45, 7) is 3.80. The van der Waals surface area contributed by atoms with E-state index in [0.717, 1.165) is 0 Å². The molecule has 0 saturated heterocycles. The standard InChI is InChI=1S/C6H16O4Si/c1-6(2)10-11(7-3,8-4)9-5/h6H,1-5H3. The Hall–Kier alpha value is 0.0569. The molecule has 0 heterocycles. The van der Waals surface area contributed by atoms with Gasteiger partial charge in [0, 0.05) is 27.4 Å². The molecule has 0 N–H and O–H groups in total. The van der Waals surface area contributed by atoms with Crippen LogP contribution in [0.1, 0.15) is 13.8 Å². The first kappa shape index (κ1) is 11.1. The molecular weight excluding hydrogens is 164 g/mol. The Morgan fingerprint density at radius 1 is 0.909 bits per heavy atom. The smallest absolute Gasteiger partial charge is 0.355 e. The minimum Gasteiger partial charge on any atom is -0.355 e. The van der Waals surface area contributed by atoms with Gasteiger partial charge in [0.15, 0.2) is 0 Å². The van der Waals surface area contributed by atoms with E-state index < -0.39 is 9.05 Å². The van der Waals surface area contributed by atoms with Gasteiger partial charge in [-0.1, -0.05) is 0 Å². The lowest BCUT2D eigenvalue weighted by atomic mass is 10.5. The Labute approximate surface area is 68.9 Å². The fourth-order valence-electron chi connectivity index (χ4n) is 0.683. The molecule has 0 spiro atoms. The Morgan fingerprint density at radius 3 is 1.36 bits per heavy atom. The Bertz CT molecular complexity index is 94.5. The van der Waals surface area contributed by atoms with Crippen LogP contribution in [0.3, 0.4) is 0 Å². The molecule has 0 amide bonds. The third-order valence-electron chi connectivity index (χ3n) is 1.13. The van der Waals surface area contributed by atoms with Crippen molar-refractivity contribution in [2.75, 3.05) is 21.3 Å². The van der Waals surface area contributed by atoms with Crippen molar-refractivity contribution >= 4 is 9.05 Å². The maximum absolute atomic E-state index is 5.36. The predicted octanol–water partition coefficient (Wildman–Crippen LogP) is 0.786. The van der Waals surface area contributed by atoms with Crippen molar-refractivity contribution in [1.29, 1.82) is 0 Å². The van der Waals surface area contributed by atoms with Crippen molar-refractivity contribution in [3.8, 4) is 0 Å². The van der Waals surface area contributed by atoms with Crippen molar-refractivity contribution in [3.63, 3.8) is 0 Å². The second-order valence-electron chi connectivity index (χ2n) is 2.28. The van der Waals surface area contributed by atoms with E-state index in [1.165, 1.54) is 21.3 Å². The zero-order valence-corrected chi connectivity index (χ0v) is 8.71. The van der Waals surface area contributed by atoms with Gasteiger partial charge in [0.25, 0.3) is 0 Å². The van der Waals surface area contributed by atoms with Gasteiger partial charge >= 0.3 is 9.05 Å². The lowest BCUT2D eigenvalue weighted by molar-refractivity contribution is -0.0128. The van der Waals surface area contributed by atoms with E-state index in [-0.39, 0.29) is 6.10 Å². The topological polar surface area (TPSA) is 36.9 Å². The van der Waals surface area contributed by atoms with Gasteiger partial charge in [-0.15, -0.1) is 0 Å². The number of hydrogen-bond donors (Lipinski definition) is 0. The van der Waals surface area contributed by atoms with E-state index in [1.807, 2.05) is 13.8 Å². The molecule has 0 aromatic rings. The lowest BCUT2D eigenvalue weighted by Gasteiger charge is -2.24. The van der Waals surface area contributed by atoms with Crippen LogP contribution in [0.25, 0.3) is 0 Å². The predicted molar refractivity (Wildman–Crippen MR) is 43.0 cm³/mol. The molecule has 0 aromatic heterocycles. The molecule has 0 fully saturated rings. The molecule has 0 unspecified atom stereocenters. The largest absolute Gasteiger partial charge is 0.679 e. The molecule has 11 heavy (non-hydrogen) atoms. The van der Waals surface area contributed by atoms with E-state index >= 15 is 0 Å². The zero-order chi connectivity index (χ0) is 8.91. The monoisotopic (exact) mass is 180 g/mol. The molecule has 0 aliphatic heterocycles. The van der Waals surface area contributed by atoms with Crippen molar-refractivity contribution in [1.82, 2.24) is 0 Å². The maximum Gasteiger partial charge on any atom is 0.679 e. The average Bonchev–Trinajstić information content (AvgIpc) is 2.00. The van der Waals surface area contributed by atoms with Gasteiger partial charge in [-0.05, 0) is 13.8 Å². The Balaban J connectivity index is 4.05. The molecule has 0 aliphatic rings. The minimum absolute atomic E-state index is 0.0431. The van der Waals surface area contributed by atoms with Crippen molar-refractivity contribution in [3.05, 3.63) is 0 Å². The molecule has 4 nitrogen and oxygen atoms in total. The summed E-state index contributed by atoms with van der Waals surface area (Å²) in [4.78, 5) is 0. The summed E-state index contributed by atoms with van der Waals surface area (Å²) in [6.07, 6.45) is 0.0431.